The first-order valence-corrected chi connectivity index (χ1v) is 8.60. The third kappa shape index (κ3) is 3.54. The van der Waals surface area contributed by atoms with Crippen molar-refractivity contribution in [2.24, 2.45) is 0 Å². The number of methoxy groups -OCH3 is 1. The van der Waals surface area contributed by atoms with Crippen molar-refractivity contribution in [3.8, 4) is 5.75 Å². The third-order valence-corrected chi connectivity index (χ3v) is 4.83. The highest BCUT2D eigenvalue weighted by atomic mass is 32.2. The fourth-order valence-corrected chi connectivity index (χ4v) is 3.66. The molecule has 21 heavy (non-hydrogen) atoms. The van der Waals surface area contributed by atoms with Gasteiger partial charge in [-0.1, -0.05) is 6.07 Å². The second kappa shape index (κ2) is 6.03. The van der Waals surface area contributed by atoms with E-state index in [1.54, 1.807) is 12.1 Å². The molecule has 1 N–H and O–H groups in total. The Labute approximate surface area is 125 Å². The standard InChI is InChI=1S/C14H20N2O4S/c1-10-6-7-13(20-2)11(9-10)15-14(17)12-5-4-8-16(12)21(3,18)19/h6-7,9,12H,4-5,8H2,1-3H3,(H,15,17). The van der Waals surface area contributed by atoms with Gasteiger partial charge in [0.1, 0.15) is 11.8 Å². The van der Waals surface area contributed by atoms with Crippen LogP contribution in [0.4, 0.5) is 5.69 Å². The first-order chi connectivity index (χ1) is 9.82. The average Bonchev–Trinajstić information content (AvgIpc) is 2.88. The van der Waals surface area contributed by atoms with Gasteiger partial charge in [0.25, 0.3) is 0 Å². The summed E-state index contributed by atoms with van der Waals surface area (Å²) in [4.78, 5) is 12.4. The fraction of sp³-hybridized carbons (Fsp3) is 0.500. The van der Waals surface area contributed by atoms with E-state index in [0.717, 1.165) is 11.8 Å². The van der Waals surface area contributed by atoms with Gasteiger partial charge in [0.2, 0.25) is 15.9 Å². The highest BCUT2D eigenvalue weighted by Gasteiger charge is 2.36. The Hall–Kier alpha value is -1.60. The number of nitrogens with one attached hydrogen (secondary N) is 1. The lowest BCUT2D eigenvalue weighted by Gasteiger charge is -2.22. The number of hydrogen-bond acceptors (Lipinski definition) is 4. The van der Waals surface area contributed by atoms with Gasteiger partial charge in [-0.25, -0.2) is 8.42 Å². The third-order valence-electron chi connectivity index (χ3n) is 3.55. The zero-order valence-electron chi connectivity index (χ0n) is 12.4. The van der Waals surface area contributed by atoms with Gasteiger partial charge in [0, 0.05) is 6.54 Å². The van der Waals surface area contributed by atoms with Gasteiger partial charge in [0.05, 0.1) is 19.1 Å². The SMILES string of the molecule is COc1ccc(C)cc1NC(=O)C1CCCN1S(C)(=O)=O. The smallest absolute Gasteiger partial charge is 0.242 e. The molecular weight excluding hydrogens is 292 g/mol. The van der Waals surface area contributed by atoms with E-state index in [4.69, 9.17) is 4.74 Å². The van der Waals surface area contributed by atoms with Crippen molar-refractivity contribution in [1.82, 2.24) is 4.31 Å². The second-order valence-electron chi connectivity index (χ2n) is 5.22. The van der Waals surface area contributed by atoms with Crippen LogP contribution in [0.3, 0.4) is 0 Å². The van der Waals surface area contributed by atoms with Crippen LogP contribution in [0.25, 0.3) is 0 Å². The normalized spacial score (nSPS) is 19.5. The van der Waals surface area contributed by atoms with Crippen molar-refractivity contribution < 1.29 is 17.9 Å². The number of anilines is 1. The Morgan fingerprint density at radius 3 is 2.76 bits per heavy atom. The molecule has 1 fully saturated rings. The van der Waals surface area contributed by atoms with Crippen molar-refractivity contribution >= 4 is 21.6 Å². The van der Waals surface area contributed by atoms with Crippen LogP contribution in [-0.2, 0) is 14.8 Å². The molecule has 0 saturated carbocycles. The first kappa shape index (κ1) is 15.8. The summed E-state index contributed by atoms with van der Waals surface area (Å²) in [7, 11) is -1.85. The average molecular weight is 312 g/mol. The Bertz CT molecular complexity index is 642. The highest BCUT2D eigenvalue weighted by molar-refractivity contribution is 7.88. The molecule has 116 valence electrons. The molecule has 0 aromatic heterocycles. The predicted molar refractivity (Wildman–Crippen MR) is 80.9 cm³/mol. The number of rotatable bonds is 4. The summed E-state index contributed by atoms with van der Waals surface area (Å²) in [6.45, 7) is 2.30. The van der Waals surface area contributed by atoms with Crippen LogP contribution in [-0.4, -0.2) is 44.6 Å². The monoisotopic (exact) mass is 312 g/mol. The van der Waals surface area contributed by atoms with E-state index in [1.165, 1.54) is 11.4 Å². The molecule has 1 heterocycles. The van der Waals surface area contributed by atoms with Gasteiger partial charge < -0.3 is 10.1 Å². The molecule has 1 atom stereocenters. The quantitative estimate of drug-likeness (QED) is 0.911. The molecule has 1 amide bonds. The van der Waals surface area contributed by atoms with Crippen LogP contribution >= 0.6 is 0 Å². The van der Waals surface area contributed by atoms with Gasteiger partial charge in [-0.15, -0.1) is 0 Å². The van der Waals surface area contributed by atoms with Crippen molar-refractivity contribution in [2.45, 2.75) is 25.8 Å². The van der Waals surface area contributed by atoms with Crippen molar-refractivity contribution in [2.75, 3.05) is 25.2 Å². The number of amides is 1. The van der Waals surface area contributed by atoms with E-state index in [0.29, 0.717) is 30.8 Å². The second-order valence-corrected chi connectivity index (χ2v) is 7.16. The van der Waals surface area contributed by atoms with Gasteiger partial charge >= 0.3 is 0 Å². The number of sulfonamides is 1. The molecule has 6 nitrogen and oxygen atoms in total. The number of benzene rings is 1. The number of hydrogen-bond donors (Lipinski definition) is 1. The minimum absolute atomic E-state index is 0.318. The largest absolute Gasteiger partial charge is 0.495 e. The van der Waals surface area contributed by atoms with Crippen molar-refractivity contribution in [3.05, 3.63) is 23.8 Å². The van der Waals surface area contributed by atoms with Gasteiger partial charge in [-0.3, -0.25) is 4.79 Å². The molecule has 1 aromatic carbocycles. The van der Waals surface area contributed by atoms with Crippen LogP contribution in [0.5, 0.6) is 5.75 Å². The number of carbonyl (C=O) groups excluding carboxylic acids is 1. The maximum Gasteiger partial charge on any atom is 0.242 e. The van der Waals surface area contributed by atoms with Gasteiger partial charge in [0.15, 0.2) is 0 Å². The van der Waals surface area contributed by atoms with Crippen molar-refractivity contribution in [1.29, 1.82) is 0 Å². The number of ether oxygens (including phenoxy) is 1. The summed E-state index contributed by atoms with van der Waals surface area (Å²) in [5.41, 5.74) is 1.54. The molecule has 1 unspecified atom stereocenters. The number of aryl methyl sites for hydroxylation is 1. The first-order valence-electron chi connectivity index (χ1n) is 6.75. The minimum atomic E-state index is -3.37. The molecule has 1 aliphatic rings. The lowest BCUT2D eigenvalue weighted by atomic mass is 10.1. The summed E-state index contributed by atoms with van der Waals surface area (Å²) in [6.07, 6.45) is 2.36. The van der Waals surface area contributed by atoms with Gasteiger partial charge in [-0.2, -0.15) is 4.31 Å². The highest BCUT2D eigenvalue weighted by Crippen LogP contribution is 2.27. The molecule has 0 radical (unpaired) electrons. The molecule has 2 rings (SSSR count). The molecule has 1 saturated heterocycles. The molecule has 0 aliphatic carbocycles. The summed E-state index contributed by atoms with van der Waals surface area (Å²) in [5.74, 6) is 0.236. The number of carbonyl (C=O) groups is 1. The summed E-state index contributed by atoms with van der Waals surface area (Å²) in [5, 5.41) is 2.78. The Morgan fingerprint density at radius 1 is 1.43 bits per heavy atom. The fourth-order valence-electron chi connectivity index (χ4n) is 2.53. The zero-order valence-corrected chi connectivity index (χ0v) is 13.2. The van der Waals surface area contributed by atoms with Crippen LogP contribution in [0, 0.1) is 6.92 Å². The molecule has 1 aliphatic heterocycles. The molecule has 1 aromatic rings. The van der Waals surface area contributed by atoms with E-state index in [9.17, 15) is 13.2 Å². The maximum atomic E-state index is 12.4. The zero-order chi connectivity index (χ0) is 15.6. The molecule has 0 spiro atoms. The van der Waals surface area contributed by atoms with Gasteiger partial charge in [-0.05, 0) is 37.5 Å². The maximum absolute atomic E-state index is 12.4. The summed E-state index contributed by atoms with van der Waals surface area (Å²) >= 11 is 0. The Morgan fingerprint density at radius 2 is 2.14 bits per heavy atom. The van der Waals surface area contributed by atoms with E-state index in [2.05, 4.69) is 5.32 Å². The van der Waals surface area contributed by atoms with E-state index >= 15 is 0 Å². The van der Waals surface area contributed by atoms with E-state index in [1.807, 2.05) is 13.0 Å². The van der Waals surface area contributed by atoms with E-state index < -0.39 is 16.1 Å². The van der Waals surface area contributed by atoms with E-state index in [-0.39, 0.29) is 5.91 Å². The lowest BCUT2D eigenvalue weighted by molar-refractivity contribution is -0.119. The van der Waals surface area contributed by atoms with Crippen molar-refractivity contribution in [3.63, 3.8) is 0 Å². The predicted octanol–water partition coefficient (Wildman–Crippen LogP) is 1.37. The molecular formula is C14H20N2O4S. The van der Waals surface area contributed by atoms with Crippen LogP contribution in [0.15, 0.2) is 18.2 Å². The number of nitrogens with zero attached hydrogens (tertiary/aromatic N) is 1. The minimum Gasteiger partial charge on any atom is -0.495 e. The Kier molecular flexibility index (Phi) is 4.53. The summed E-state index contributed by atoms with van der Waals surface area (Å²) in [6, 6.07) is 4.81. The molecule has 7 heteroatoms. The summed E-state index contributed by atoms with van der Waals surface area (Å²) < 4.78 is 29.9. The topological polar surface area (TPSA) is 75.7 Å². The molecule has 0 bridgehead atoms. The van der Waals surface area contributed by atoms with Crippen LogP contribution < -0.4 is 10.1 Å². The lowest BCUT2D eigenvalue weighted by Crippen LogP contribution is -2.42. The van der Waals surface area contributed by atoms with Crippen LogP contribution in [0.1, 0.15) is 18.4 Å². The Balaban J connectivity index is 2.20. The van der Waals surface area contributed by atoms with Crippen LogP contribution in [0.2, 0.25) is 0 Å².